The predicted molar refractivity (Wildman–Crippen MR) is 66.9 cm³/mol. The van der Waals surface area contributed by atoms with Gasteiger partial charge in [-0.15, -0.1) is 0 Å². The number of benzene rings is 1. The van der Waals surface area contributed by atoms with Gasteiger partial charge < -0.3 is 0 Å². The number of halogens is 1. The summed E-state index contributed by atoms with van der Waals surface area (Å²) >= 11 is 0.0516. The normalized spacial score (nSPS) is 13.5. The Labute approximate surface area is 112 Å². The molecule has 0 saturated carbocycles. The van der Waals surface area contributed by atoms with E-state index in [9.17, 15) is 4.79 Å². The van der Waals surface area contributed by atoms with Crippen LogP contribution in [0.4, 0.5) is 0 Å². The van der Waals surface area contributed by atoms with E-state index in [1.807, 2.05) is 12.2 Å². The van der Waals surface area contributed by atoms with Crippen LogP contribution in [0.3, 0.4) is 0 Å². The van der Waals surface area contributed by atoms with Gasteiger partial charge in [0.2, 0.25) is 0 Å². The van der Waals surface area contributed by atoms with Crippen molar-refractivity contribution in [3.05, 3.63) is 57.7 Å². The van der Waals surface area contributed by atoms with E-state index >= 15 is 0 Å². The van der Waals surface area contributed by atoms with Crippen LogP contribution in [0.2, 0.25) is 0 Å². The summed E-state index contributed by atoms with van der Waals surface area (Å²) in [7, 11) is 0. The zero-order chi connectivity index (χ0) is 9.80. The van der Waals surface area contributed by atoms with Crippen molar-refractivity contribution < 1.29 is 24.3 Å². The Morgan fingerprint density at radius 2 is 2.00 bits per heavy atom. The number of ketones is 1. The Kier molecular flexibility index (Phi) is 5.26. The fourth-order valence-electron chi connectivity index (χ4n) is 1.16. The maximum Gasteiger partial charge on any atom is 0.169 e. The first-order valence-corrected chi connectivity index (χ1v) is 6.70. The maximum atomic E-state index is 11.9. The van der Waals surface area contributed by atoms with Crippen LogP contribution in [0.1, 0.15) is 10.4 Å². The summed E-state index contributed by atoms with van der Waals surface area (Å²) in [6, 6.07) is 10.0. The summed E-state index contributed by atoms with van der Waals surface area (Å²) < 4.78 is 4.20. The van der Waals surface area contributed by atoms with E-state index in [2.05, 4.69) is 14.2 Å². The second kappa shape index (κ2) is 6.24. The number of rotatable bonds is 2. The zero-order valence-electron chi connectivity index (χ0n) is 8.11. The molecule has 0 amide bonds. The van der Waals surface area contributed by atoms with Crippen LogP contribution in [0, 0.1) is 6.07 Å². The topological polar surface area (TPSA) is 17.1 Å². The van der Waals surface area contributed by atoms with Gasteiger partial charge in [0.25, 0.3) is 0 Å². The van der Waals surface area contributed by atoms with Crippen LogP contribution < -0.4 is 0 Å². The average Bonchev–Trinajstić information content (AvgIpc) is 2.30. The first kappa shape index (κ1) is 12.7. The number of carbonyl (C=O) groups is 1. The quantitative estimate of drug-likeness (QED) is 0.343. The number of allylic oxidation sites excluding steroid dienone is 3. The predicted octanol–water partition coefficient (Wildman–Crippen LogP) is 2.89. The van der Waals surface area contributed by atoms with E-state index in [0.29, 0.717) is 0 Å². The summed E-state index contributed by atoms with van der Waals surface area (Å²) in [5.41, 5.74) is 1.51. The average molecular weight is 360 g/mol. The molecular formula is C12H8IOZn-. The Morgan fingerprint density at radius 3 is 2.60 bits per heavy atom. The number of hydrogen-bond donors (Lipinski definition) is 0. The molecule has 0 radical (unpaired) electrons. The molecule has 3 heteroatoms. The van der Waals surface area contributed by atoms with E-state index in [1.54, 1.807) is 24.3 Å². The van der Waals surface area contributed by atoms with Gasteiger partial charge in [0.05, 0.1) is 0 Å². The van der Waals surface area contributed by atoms with Crippen LogP contribution in [-0.2, 0) is 19.5 Å². The molecular weight excluding hydrogens is 352 g/mol. The molecule has 0 fully saturated rings. The Hall–Kier alpha value is -0.407. The van der Waals surface area contributed by atoms with Crippen molar-refractivity contribution in [2.24, 2.45) is 0 Å². The van der Waals surface area contributed by atoms with Crippen molar-refractivity contribution in [3.63, 3.8) is 0 Å². The fraction of sp³-hybridized carbons (Fsp3) is 0. The van der Waals surface area contributed by atoms with Gasteiger partial charge in [-0.05, 0) is 20.2 Å². The summed E-state index contributed by atoms with van der Waals surface area (Å²) in [5.74, 6) is 0.0928. The molecule has 1 aromatic rings. The zero-order valence-corrected chi connectivity index (χ0v) is 13.2. The van der Waals surface area contributed by atoms with Crippen molar-refractivity contribution >= 4 is 30.5 Å². The van der Waals surface area contributed by atoms with Gasteiger partial charge >= 0.3 is 0 Å². The third-order valence-electron chi connectivity index (χ3n) is 1.87. The Bertz CT molecular complexity index is 432. The van der Waals surface area contributed by atoms with Crippen molar-refractivity contribution in [1.29, 1.82) is 0 Å². The van der Waals surface area contributed by atoms with Gasteiger partial charge in [-0.25, -0.2) is 0 Å². The minimum Gasteiger partial charge on any atom is -0.291 e. The van der Waals surface area contributed by atoms with Crippen molar-refractivity contribution in [2.45, 2.75) is 0 Å². The molecule has 1 nitrogen and oxygen atoms in total. The summed E-state index contributed by atoms with van der Waals surface area (Å²) in [6.07, 6.45) is 3.85. The van der Waals surface area contributed by atoms with E-state index < -0.39 is 0 Å². The van der Waals surface area contributed by atoms with E-state index in [4.69, 9.17) is 0 Å². The van der Waals surface area contributed by atoms with Crippen LogP contribution in [0.15, 0.2) is 46.1 Å². The molecule has 0 saturated heterocycles. The van der Waals surface area contributed by atoms with Crippen LogP contribution in [0.5, 0.6) is 0 Å². The minimum atomic E-state index is 0. The van der Waals surface area contributed by atoms with Gasteiger partial charge in [0.1, 0.15) is 0 Å². The van der Waals surface area contributed by atoms with E-state index in [1.165, 1.54) is 0 Å². The number of carbonyl (C=O) groups excluding carboxylic acids is 1. The van der Waals surface area contributed by atoms with E-state index in [0.717, 1.165) is 11.1 Å². The Balaban J connectivity index is 0.00000112. The molecule has 1 aliphatic rings. The number of Topliss-reactive ketones (excluding diaryl/α,β-unsaturated/α-hetero) is 1. The standard InChI is InChI=1S/C12H8IO.Zn/c14-12(10-4-2-1-3-5-10)11-6-8-13-9-7-11;/h2-9H;/q-1;. The third-order valence-corrected chi connectivity index (χ3v) is 3.42. The molecule has 72 valence electrons. The van der Waals surface area contributed by atoms with E-state index in [-0.39, 0.29) is 46.0 Å². The SMILES string of the molecule is O=C(C1=CC=IC=C1)c1cc[c-]cc1.[Zn]. The van der Waals surface area contributed by atoms with Crippen molar-refractivity contribution in [3.8, 4) is 0 Å². The first-order chi connectivity index (χ1) is 6.88. The van der Waals surface area contributed by atoms with Crippen molar-refractivity contribution in [2.75, 3.05) is 0 Å². The molecule has 1 aliphatic heterocycles. The van der Waals surface area contributed by atoms with Gasteiger partial charge in [0.15, 0.2) is 5.78 Å². The second-order valence-corrected chi connectivity index (χ2v) is 4.94. The van der Waals surface area contributed by atoms with Gasteiger partial charge in [-0.3, -0.25) is 4.79 Å². The largest absolute Gasteiger partial charge is 0.291 e. The van der Waals surface area contributed by atoms with Gasteiger partial charge in [0, 0.05) is 25.1 Å². The van der Waals surface area contributed by atoms with Gasteiger partial charge in [-0.2, -0.15) is 30.3 Å². The van der Waals surface area contributed by atoms with Crippen LogP contribution in [-0.4, -0.2) is 9.79 Å². The third kappa shape index (κ3) is 3.28. The van der Waals surface area contributed by atoms with Gasteiger partial charge in [-0.1, -0.05) is 26.3 Å². The summed E-state index contributed by atoms with van der Waals surface area (Å²) in [5, 5.41) is 0. The minimum absolute atomic E-state index is 0. The smallest absolute Gasteiger partial charge is 0.169 e. The molecule has 0 aliphatic carbocycles. The molecule has 1 heterocycles. The molecule has 0 atom stereocenters. The molecule has 15 heavy (non-hydrogen) atoms. The maximum absolute atomic E-state index is 11.9. The molecule has 0 spiro atoms. The molecule has 2 rings (SSSR count). The Morgan fingerprint density at radius 1 is 1.27 bits per heavy atom. The molecule has 0 unspecified atom stereocenters. The molecule has 0 bridgehead atoms. The second-order valence-electron chi connectivity index (χ2n) is 2.78. The summed E-state index contributed by atoms with van der Waals surface area (Å²) in [4.78, 5) is 11.9. The van der Waals surface area contributed by atoms with Crippen LogP contribution in [0.25, 0.3) is 0 Å². The molecule has 0 aromatic heterocycles. The molecule has 1 aromatic carbocycles. The number of hydrogen-bond acceptors (Lipinski definition) is 1. The van der Waals surface area contributed by atoms with Crippen LogP contribution >= 0.6 is 20.7 Å². The molecule has 0 N–H and O–H groups in total. The monoisotopic (exact) mass is 359 g/mol. The van der Waals surface area contributed by atoms with Crippen molar-refractivity contribution in [1.82, 2.24) is 0 Å². The fourth-order valence-corrected chi connectivity index (χ4v) is 2.59. The summed E-state index contributed by atoms with van der Waals surface area (Å²) in [6.45, 7) is 0. The first-order valence-electron chi connectivity index (χ1n) is 4.21.